The number of anilines is 1. The minimum absolute atomic E-state index is 0.0996. The summed E-state index contributed by atoms with van der Waals surface area (Å²) >= 11 is 0. The van der Waals surface area contributed by atoms with E-state index in [2.05, 4.69) is 27.0 Å². The number of nitrogens with zero attached hydrogens (tertiary/aromatic N) is 5. The lowest BCUT2D eigenvalue weighted by molar-refractivity contribution is -0.138. The van der Waals surface area contributed by atoms with Crippen LogP contribution in [0.3, 0.4) is 0 Å². The number of amides is 3. The Morgan fingerprint density at radius 1 is 1.22 bits per heavy atom. The largest absolute Gasteiger partial charge is 0.342 e. The summed E-state index contributed by atoms with van der Waals surface area (Å²) in [5, 5.41) is 24.8. The molecule has 1 saturated heterocycles. The first kappa shape index (κ1) is 27.4. The fraction of sp³-hybridized carbons (Fsp3) is 0.613. The van der Waals surface area contributed by atoms with Crippen LogP contribution in [0, 0.1) is 22.7 Å². The monoisotopic (exact) mass is 557 g/mol. The van der Waals surface area contributed by atoms with Crippen LogP contribution in [-0.4, -0.2) is 56.2 Å². The third-order valence-electron chi connectivity index (χ3n) is 9.04. The molecule has 0 bridgehead atoms. The van der Waals surface area contributed by atoms with Crippen molar-refractivity contribution in [3.8, 4) is 6.07 Å². The predicted octanol–water partition coefficient (Wildman–Crippen LogP) is 3.82. The standard InChI is InChI=1S/C31H39N7O3/c1-30(2,3)15-24(33-27(39)26(13-10-19-8-9-19)38-17-25(35-36-38)20-11-12-20)28(40)37-18-31(14-21(37)16-32)22-6-4-5-7-23(22)34-29(31)41/h4-7,17,19-21,24,26H,8-15,18H2,1-3H3,(H,33,39)(H,34,41)/t21-,24-,26-,31-/m0/s1. The first-order valence-corrected chi connectivity index (χ1v) is 14.9. The van der Waals surface area contributed by atoms with Crippen LogP contribution in [0.25, 0.3) is 0 Å². The molecule has 2 aliphatic carbocycles. The summed E-state index contributed by atoms with van der Waals surface area (Å²) in [6.07, 6.45) is 8.63. The molecule has 2 N–H and O–H groups in total. The molecule has 2 aromatic rings. The van der Waals surface area contributed by atoms with E-state index in [9.17, 15) is 19.6 Å². The fourth-order valence-electron chi connectivity index (χ4n) is 6.46. The van der Waals surface area contributed by atoms with Gasteiger partial charge in [0, 0.05) is 30.8 Å². The maximum Gasteiger partial charge on any atom is 0.246 e. The normalized spacial score (nSPS) is 25.0. The smallest absolute Gasteiger partial charge is 0.246 e. The number of likely N-dealkylation sites (tertiary alicyclic amines) is 1. The summed E-state index contributed by atoms with van der Waals surface area (Å²) in [5.74, 6) is 0.290. The second-order valence-electron chi connectivity index (χ2n) is 13.7. The highest BCUT2D eigenvalue weighted by atomic mass is 16.2. The Labute approximate surface area is 240 Å². The van der Waals surface area contributed by atoms with Gasteiger partial charge in [0.05, 0.1) is 17.2 Å². The van der Waals surface area contributed by atoms with E-state index in [0.29, 0.717) is 24.7 Å². The van der Waals surface area contributed by atoms with Crippen molar-refractivity contribution in [2.24, 2.45) is 11.3 Å². The Kier molecular flexibility index (Phi) is 6.87. The van der Waals surface area contributed by atoms with Crippen molar-refractivity contribution in [1.82, 2.24) is 25.2 Å². The molecule has 1 aromatic heterocycles. The van der Waals surface area contributed by atoms with Gasteiger partial charge in [-0.1, -0.05) is 57.0 Å². The first-order chi connectivity index (χ1) is 19.6. The van der Waals surface area contributed by atoms with Crippen molar-refractivity contribution >= 4 is 23.4 Å². The van der Waals surface area contributed by atoms with Gasteiger partial charge < -0.3 is 15.5 Å². The second kappa shape index (κ2) is 10.3. The molecule has 4 atom stereocenters. The number of rotatable bonds is 9. The number of carbonyl (C=O) groups is 3. The highest BCUT2D eigenvalue weighted by Gasteiger charge is 2.56. The molecule has 6 rings (SSSR count). The quantitative estimate of drug-likeness (QED) is 0.482. The van der Waals surface area contributed by atoms with Crippen molar-refractivity contribution < 1.29 is 14.4 Å². The van der Waals surface area contributed by atoms with Crippen LogP contribution in [0.5, 0.6) is 0 Å². The van der Waals surface area contributed by atoms with Crippen LogP contribution >= 0.6 is 0 Å². The van der Waals surface area contributed by atoms with Gasteiger partial charge >= 0.3 is 0 Å². The van der Waals surface area contributed by atoms with Crippen molar-refractivity contribution in [3.63, 3.8) is 0 Å². The first-order valence-electron chi connectivity index (χ1n) is 14.9. The van der Waals surface area contributed by atoms with Gasteiger partial charge in [-0.2, -0.15) is 5.26 Å². The van der Waals surface area contributed by atoms with E-state index < -0.39 is 23.5 Å². The van der Waals surface area contributed by atoms with E-state index in [1.165, 1.54) is 17.7 Å². The van der Waals surface area contributed by atoms with Crippen LogP contribution < -0.4 is 10.6 Å². The lowest BCUT2D eigenvalue weighted by Crippen LogP contribution is -2.53. The van der Waals surface area contributed by atoms with Gasteiger partial charge in [0.1, 0.15) is 18.1 Å². The Bertz CT molecular complexity index is 1400. The molecule has 10 nitrogen and oxygen atoms in total. The van der Waals surface area contributed by atoms with E-state index in [1.54, 1.807) is 4.68 Å². The van der Waals surface area contributed by atoms with Crippen LogP contribution in [-0.2, 0) is 19.8 Å². The van der Waals surface area contributed by atoms with Gasteiger partial charge in [-0.3, -0.25) is 14.4 Å². The Morgan fingerprint density at radius 3 is 2.66 bits per heavy atom. The summed E-state index contributed by atoms with van der Waals surface area (Å²) in [4.78, 5) is 42.9. The minimum atomic E-state index is -0.977. The molecule has 0 unspecified atom stereocenters. The lowest BCUT2D eigenvalue weighted by Gasteiger charge is -2.32. The van der Waals surface area contributed by atoms with Crippen molar-refractivity contribution in [2.75, 3.05) is 11.9 Å². The number of nitriles is 1. The molecular formula is C31H39N7O3. The molecule has 0 radical (unpaired) electrons. The number of hydrogen-bond acceptors (Lipinski definition) is 6. The molecule has 3 amide bonds. The van der Waals surface area contributed by atoms with Crippen LogP contribution in [0.4, 0.5) is 5.69 Å². The number of carbonyl (C=O) groups excluding carboxylic acids is 3. The van der Waals surface area contributed by atoms with Gasteiger partial charge in [-0.15, -0.1) is 5.10 Å². The summed E-state index contributed by atoms with van der Waals surface area (Å²) in [7, 11) is 0. The predicted molar refractivity (Wildman–Crippen MR) is 151 cm³/mol. The van der Waals surface area contributed by atoms with Crippen LogP contribution in [0.1, 0.15) is 95.4 Å². The van der Waals surface area contributed by atoms with E-state index >= 15 is 0 Å². The fourth-order valence-corrected chi connectivity index (χ4v) is 6.46. The molecular weight excluding hydrogens is 518 g/mol. The zero-order chi connectivity index (χ0) is 28.9. The zero-order valence-electron chi connectivity index (χ0n) is 24.1. The van der Waals surface area contributed by atoms with Gasteiger partial charge in [-0.25, -0.2) is 4.68 Å². The van der Waals surface area contributed by atoms with E-state index in [4.69, 9.17) is 0 Å². The molecule has 1 aromatic carbocycles. The number of fused-ring (bicyclic) bond motifs is 2. The number of aromatic nitrogens is 3. The van der Waals surface area contributed by atoms with Gasteiger partial charge in [0.25, 0.3) is 0 Å². The highest BCUT2D eigenvalue weighted by Crippen LogP contribution is 2.46. The number of para-hydroxylation sites is 1. The second-order valence-corrected chi connectivity index (χ2v) is 13.7. The Morgan fingerprint density at radius 2 is 1.98 bits per heavy atom. The van der Waals surface area contributed by atoms with Crippen molar-refractivity contribution in [3.05, 3.63) is 41.7 Å². The molecule has 3 heterocycles. The minimum Gasteiger partial charge on any atom is -0.342 e. The third-order valence-corrected chi connectivity index (χ3v) is 9.04. The molecule has 41 heavy (non-hydrogen) atoms. The molecule has 10 heteroatoms. The Hall–Kier alpha value is -3.74. The Balaban J connectivity index is 1.25. The van der Waals surface area contributed by atoms with E-state index in [-0.39, 0.29) is 36.1 Å². The molecule has 1 spiro atoms. The summed E-state index contributed by atoms with van der Waals surface area (Å²) in [6.45, 7) is 6.17. The molecule has 216 valence electrons. The summed E-state index contributed by atoms with van der Waals surface area (Å²) in [5.41, 5.74) is 1.20. The summed E-state index contributed by atoms with van der Waals surface area (Å²) in [6, 6.07) is 7.55. The van der Waals surface area contributed by atoms with Gasteiger partial charge in [0.2, 0.25) is 17.7 Å². The maximum absolute atomic E-state index is 14.2. The van der Waals surface area contributed by atoms with E-state index in [1.807, 2.05) is 51.2 Å². The summed E-state index contributed by atoms with van der Waals surface area (Å²) < 4.78 is 1.67. The average Bonchev–Trinajstić information content (AvgIpc) is 3.85. The van der Waals surface area contributed by atoms with Crippen molar-refractivity contribution in [1.29, 1.82) is 5.26 Å². The topological polar surface area (TPSA) is 133 Å². The van der Waals surface area contributed by atoms with Crippen LogP contribution in [0.15, 0.2) is 30.5 Å². The molecule has 3 fully saturated rings. The van der Waals surface area contributed by atoms with Crippen LogP contribution in [0.2, 0.25) is 0 Å². The van der Waals surface area contributed by atoms with Crippen molar-refractivity contribution in [2.45, 2.75) is 102 Å². The molecule has 2 saturated carbocycles. The van der Waals surface area contributed by atoms with Gasteiger partial charge in [-0.05, 0) is 55.1 Å². The molecule has 2 aliphatic heterocycles. The lowest BCUT2D eigenvalue weighted by atomic mass is 9.80. The van der Waals surface area contributed by atoms with E-state index in [0.717, 1.165) is 36.2 Å². The SMILES string of the molecule is CC(C)(C)C[C@H](NC(=O)[C@H](CCC1CC1)n1cc(C2CC2)nn1)C(=O)N1C[C@]2(C[C@H]1C#N)C(=O)Nc1ccccc12. The number of nitrogens with one attached hydrogen (secondary N) is 2. The molecule has 4 aliphatic rings. The number of hydrogen-bond donors (Lipinski definition) is 2. The zero-order valence-corrected chi connectivity index (χ0v) is 24.1. The number of benzene rings is 1. The average molecular weight is 558 g/mol. The van der Waals surface area contributed by atoms with Gasteiger partial charge in [0.15, 0.2) is 0 Å². The highest BCUT2D eigenvalue weighted by molar-refractivity contribution is 6.07. The maximum atomic E-state index is 14.2. The third kappa shape index (κ3) is 5.46.